The van der Waals surface area contributed by atoms with Crippen molar-refractivity contribution >= 4 is 18.4 Å². The number of aryl methyl sites for hydroxylation is 1. The minimum atomic E-state index is -0.960. The Hall–Kier alpha value is -0.840. The van der Waals surface area contributed by atoms with Gasteiger partial charge in [-0.05, 0) is 31.0 Å². The van der Waals surface area contributed by atoms with Crippen LogP contribution in [-0.2, 0) is 0 Å². The van der Waals surface area contributed by atoms with Crippen LogP contribution in [0, 0.1) is 6.92 Å². The number of thiol groups is 1. The lowest BCUT2D eigenvalue weighted by molar-refractivity contribution is 0.0333. The molecular weight excluding hydrogens is 224 g/mol. The highest BCUT2D eigenvalue weighted by Crippen LogP contribution is 2.22. The van der Waals surface area contributed by atoms with Crippen LogP contribution in [0.25, 0.3) is 0 Å². The van der Waals surface area contributed by atoms with Crippen LogP contribution in [0.3, 0.4) is 0 Å². The maximum atomic E-state index is 11.1. The van der Waals surface area contributed by atoms with E-state index in [1.165, 1.54) is 6.92 Å². The van der Waals surface area contributed by atoms with E-state index in [0.29, 0.717) is 11.1 Å². The van der Waals surface area contributed by atoms with Crippen molar-refractivity contribution in [1.29, 1.82) is 0 Å². The molecule has 2 N–H and O–H groups in total. The molecule has 16 heavy (non-hydrogen) atoms. The van der Waals surface area contributed by atoms with Crippen LogP contribution in [0.5, 0.6) is 0 Å². The highest BCUT2D eigenvalue weighted by molar-refractivity contribution is 7.80. The highest BCUT2D eigenvalue weighted by atomic mass is 32.1. The van der Waals surface area contributed by atoms with Gasteiger partial charge < -0.3 is 10.2 Å². The Balaban J connectivity index is 3.03. The topological polar surface area (TPSA) is 57.5 Å². The van der Waals surface area contributed by atoms with Crippen molar-refractivity contribution in [3.63, 3.8) is 0 Å². The molecule has 0 radical (unpaired) electrons. The van der Waals surface area contributed by atoms with E-state index in [4.69, 9.17) is 0 Å². The molecule has 3 nitrogen and oxygen atoms in total. The summed E-state index contributed by atoms with van der Waals surface area (Å²) >= 11 is 3.93. The summed E-state index contributed by atoms with van der Waals surface area (Å²) in [6.45, 7) is 3.30. The largest absolute Gasteiger partial charge is 0.389 e. The smallest absolute Gasteiger partial charge is 0.159 e. The molecule has 0 aliphatic carbocycles. The number of benzene rings is 1. The first-order chi connectivity index (χ1) is 7.47. The number of aliphatic hydroxyl groups is 2. The normalized spacial score (nSPS) is 14.6. The lowest BCUT2D eigenvalue weighted by atomic mass is 9.97. The molecule has 0 aliphatic rings. The predicted octanol–water partition coefficient (Wildman–Crippen LogP) is 1.52. The van der Waals surface area contributed by atoms with Crippen LogP contribution in [0.15, 0.2) is 18.2 Å². The summed E-state index contributed by atoms with van der Waals surface area (Å²) in [6.07, 6.45) is -1.86. The van der Waals surface area contributed by atoms with Crippen molar-refractivity contribution < 1.29 is 15.0 Å². The van der Waals surface area contributed by atoms with E-state index in [-0.39, 0.29) is 11.5 Å². The van der Waals surface area contributed by atoms with Gasteiger partial charge in [0.1, 0.15) is 6.10 Å². The highest BCUT2D eigenvalue weighted by Gasteiger charge is 2.19. The van der Waals surface area contributed by atoms with E-state index < -0.39 is 12.2 Å². The molecule has 0 heterocycles. The number of Topliss-reactive ketones (excluding diaryl/α,β-unsaturated/α-hetero) is 1. The number of rotatable bonds is 4. The maximum Gasteiger partial charge on any atom is 0.159 e. The summed E-state index contributed by atoms with van der Waals surface area (Å²) in [5.74, 6) is 0.175. The quantitative estimate of drug-likeness (QED) is 0.552. The number of hydrogen-bond donors (Lipinski definition) is 3. The number of aliphatic hydroxyl groups excluding tert-OH is 2. The second-order valence-corrected chi connectivity index (χ2v) is 4.19. The van der Waals surface area contributed by atoms with E-state index in [1.54, 1.807) is 25.1 Å². The van der Waals surface area contributed by atoms with Gasteiger partial charge in [-0.25, -0.2) is 0 Å². The Bertz CT molecular complexity index is 390. The van der Waals surface area contributed by atoms with Gasteiger partial charge in [-0.3, -0.25) is 4.79 Å². The van der Waals surface area contributed by atoms with Crippen LogP contribution in [0.4, 0.5) is 0 Å². The predicted molar refractivity (Wildman–Crippen MR) is 66.0 cm³/mol. The molecule has 88 valence electrons. The molecule has 2 atom stereocenters. The molecule has 0 saturated carbocycles. The molecule has 0 fully saturated rings. The van der Waals surface area contributed by atoms with Crippen molar-refractivity contribution in [3.05, 3.63) is 34.9 Å². The molecule has 1 aromatic rings. The van der Waals surface area contributed by atoms with Gasteiger partial charge in [-0.2, -0.15) is 12.6 Å². The summed E-state index contributed by atoms with van der Waals surface area (Å²) in [6, 6.07) is 5.04. The zero-order chi connectivity index (χ0) is 12.3. The van der Waals surface area contributed by atoms with Crippen molar-refractivity contribution in [2.24, 2.45) is 0 Å². The van der Waals surface area contributed by atoms with Gasteiger partial charge in [0, 0.05) is 11.3 Å². The second kappa shape index (κ2) is 5.48. The maximum absolute atomic E-state index is 11.1. The first-order valence-corrected chi connectivity index (χ1v) is 5.69. The monoisotopic (exact) mass is 240 g/mol. The summed E-state index contributed by atoms with van der Waals surface area (Å²) in [5, 5.41) is 19.3. The first-order valence-electron chi connectivity index (χ1n) is 5.06. The van der Waals surface area contributed by atoms with E-state index in [1.807, 2.05) is 0 Å². The van der Waals surface area contributed by atoms with Crippen molar-refractivity contribution in [2.75, 3.05) is 5.75 Å². The summed E-state index contributed by atoms with van der Waals surface area (Å²) in [5.41, 5.74) is 2.03. The van der Waals surface area contributed by atoms with E-state index >= 15 is 0 Å². The molecule has 1 aromatic carbocycles. The van der Waals surface area contributed by atoms with Gasteiger partial charge in [0.05, 0.1) is 6.10 Å². The fourth-order valence-electron chi connectivity index (χ4n) is 1.53. The third kappa shape index (κ3) is 2.84. The standard InChI is InChI=1S/C12H16O3S/c1-7-5-9(8(2)13)3-4-10(7)12(15)11(14)6-16/h3-5,11-12,14-16H,6H2,1-2H3. The molecule has 0 bridgehead atoms. The average molecular weight is 240 g/mol. The molecular formula is C12H16O3S. The minimum absolute atomic E-state index is 0.0149. The van der Waals surface area contributed by atoms with Crippen LogP contribution < -0.4 is 0 Å². The molecule has 0 spiro atoms. The van der Waals surface area contributed by atoms with Crippen LogP contribution >= 0.6 is 12.6 Å². The van der Waals surface area contributed by atoms with Crippen LogP contribution in [0.1, 0.15) is 34.5 Å². The number of carbonyl (C=O) groups is 1. The van der Waals surface area contributed by atoms with Crippen LogP contribution in [0.2, 0.25) is 0 Å². The molecule has 0 amide bonds. The number of ketones is 1. The fraction of sp³-hybridized carbons (Fsp3) is 0.417. The zero-order valence-electron chi connectivity index (χ0n) is 9.34. The Labute approximate surface area is 101 Å². The zero-order valence-corrected chi connectivity index (χ0v) is 10.2. The van der Waals surface area contributed by atoms with Gasteiger partial charge in [-0.15, -0.1) is 0 Å². The van der Waals surface area contributed by atoms with Crippen molar-refractivity contribution in [3.8, 4) is 0 Å². The Morgan fingerprint density at radius 3 is 2.50 bits per heavy atom. The molecule has 0 aliphatic heterocycles. The van der Waals surface area contributed by atoms with E-state index in [9.17, 15) is 15.0 Å². The summed E-state index contributed by atoms with van der Waals surface area (Å²) in [7, 11) is 0. The minimum Gasteiger partial charge on any atom is -0.389 e. The third-order valence-corrected chi connectivity index (χ3v) is 2.92. The third-order valence-electron chi connectivity index (χ3n) is 2.55. The summed E-state index contributed by atoms with van der Waals surface area (Å²) in [4.78, 5) is 11.1. The number of hydrogen-bond acceptors (Lipinski definition) is 4. The van der Waals surface area contributed by atoms with Gasteiger partial charge in [0.2, 0.25) is 0 Å². The molecule has 2 unspecified atom stereocenters. The van der Waals surface area contributed by atoms with Crippen molar-refractivity contribution in [2.45, 2.75) is 26.1 Å². The Morgan fingerprint density at radius 1 is 1.44 bits per heavy atom. The molecule has 0 aromatic heterocycles. The molecule has 0 saturated heterocycles. The van der Waals surface area contributed by atoms with E-state index in [0.717, 1.165) is 5.56 Å². The van der Waals surface area contributed by atoms with E-state index in [2.05, 4.69) is 12.6 Å². The SMILES string of the molecule is CC(=O)c1ccc(C(O)C(O)CS)c(C)c1. The van der Waals surface area contributed by atoms with Gasteiger partial charge in [0.25, 0.3) is 0 Å². The lowest BCUT2D eigenvalue weighted by Gasteiger charge is -2.18. The second-order valence-electron chi connectivity index (χ2n) is 3.82. The van der Waals surface area contributed by atoms with Gasteiger partial charge in [-0.1, -0.05) is 12.1 Å². The Morgan fingerprint density at radius 2 is 2.06 bits per heavy atom. The van der Waals surface area contributed by atoms with Gasteiger partial charge in [0.15, 0.2) is 5.78 Å². The molecule has 4 heteroatoms. The first kappa shape index (κ1) is 13.2. The average Bonchev–Trinajstić information content (AvgIpc) is 2.26. The van der Waals surface area contributed by atoms with Gasteiger partial charge >= 0.3 is 0 Å². The van der Waals surface area contributed by atoms with Crippen LogP contribution in [-0.4, -0.2) is 27.9 Å². The summed E-state index contributed by atoms with van der Waals surface area (Å²) < 4.78 is 0. The fourth-order valence-corrected chi connectivity index (χ4v) is 1.73. The lowest BCUT2D eigenvalue weighted by Crippen LogP contribution is -2.20. The number of carbonyl (C=O) groups excluding carboxylic acids is 1. The Kier molecular flexibility index (Phi) is 4.53. The van der Waals surface area contributed by atoms with Crippen molar-refractivity contribution in [1.82, 2.24) is 0 Å². The molecule has 1 rings (SSSR count).